The van der Waals surface area contributed by atoms with E-state index in [0.29, 0.717) is 5.02 Å². The number of rotatable bonds is 4. The minimum atomic E-state index is -3.62. The van der Waals surface area contributed by atoms with Gasteiger partial charge in [0, 0.05) is 14.1 Å². The van der Waals surface area contributed by atoms with Crippen molar-refractivity contribution in [2.24, 2.45) is 0 Å². The number of carbonyl (C=O) groups is 1. The van der Waals surface area contributed by atoms with Crippen molar-refractivity contribution in [1.29, 1.82) is 0 Å². The van der Waals surface area contributed by atoms with E-state index in [0.717, 1.165) is 9.87 Å². The molecule has 0 amide bonds. The number of ether oxygens (including phenoxy) is 1. The van der Waals surface area contributed by atoms with Crippen LogP contribution in [-0.2, 0) is 10.0 Å². The zero-order chi connectivity index (χ0) is 17.2. The van der Waals surface area contributed by atoms with Crippen LogP contribution >= 0.6 is 11.6 Å². The maximum atomic E-state index is 12.2. The smallest absolute Gasteiger partial charge is 0.343 e. The molecule has 0 atom stereocenters. The van der Waals surface area contributed by atoms with E-state index in [-0.39, 0.29) is 16.2 Å². The van der Waals surface area contributed by atoms with Crippen LogP contribution in [0.5, 0.6) is 5.75 Å². The summed E-state index contributed by atoms with van der Waals surface area (Å²) in [4.78, 5) is 12.3. The molecule has 122 valence electrons. The molecule has 0 saturated heterocycles. The normalized spacial score (nSPS) is 11.5. The third-order valence-electron chi connectivity index (χ3n) is 3.14. The highest BCUT2D eigenvalue weighted by Crippen LogP contribution is 2.26. The van der Waals surface area contributed by atoms with E-state index in [4.69, 9.17) is 16.3 Å². The van der Waals surface area contributed by atoms with Gasteiger partial charge in [0.05, 0.1) is 15.5 Å². The number of sulfonamides is 1. The molecule has 0 aliphatic rings. The second kappa shape index (κ2) is 6.70. The van der Waals surface area contributed by atoms with Gasteiger partial charge in [0.2, 0.25) is 10.0 Å². The van der Waals surface area contributed by atoms with Gasteiger partial charge in [0.25, 0.3) is 0 Å². The first-order valence-electron chi connectivity index (χ1n) is 6.73. The maximum Gasteiger partial charge on any atom is 0.343 e. The average molecular weight is 354 g/mol. The molecule has 23 heavy (non-hydrogen) atoms. The first-order valence-corrected chi connectivity index (χ1v) is 8.54. The molecule has 0 spiro atoms. The van der Waals surface area contributed by atoms with Crippen molar-refractivity contribution in [1.82, 2.24) is 4.31 Å². The zero-order valence-electron chi connectivity index (χ0n) is 12.9. The van der Waals surface area contributed by atoms with Crippen LogP contribution in [0.3, 0.4) is 0 Å². The molecule has 0 saturated carbocycles. The highest BCUT2D eigenvalue weighted by atomic mass is 35.5. The van der Waals surface area contributed by atoms with Crippen molar-refractivity contribution < 1.29 is 17.9 Å². The number of aryl methyl sites for hydroxylation is 1. The Morgan fingerprint density at radius 2 is 1.83 bits per heavy atom. The van der Waals surface area contributed by atoms with Crippen LogP contribution in [-0.4, -0.2) is 32.8 Å². The van der Waals surface area contributed by atoms with Crippen molar-refractivity contribution in [3.8, 4) is 5.75 Å². The van der Waals surface area contributed by atoms with Crippen molar-refractivity contribution in [3.63, 3.8) is 0 Å². The predicted molar refractivity (Wildman–Crippen MR) is 88.5 cm³/mol. The van der Waals surface area contributed by atoms with E-state index in [1.807, 2.05) is 6.92 Å². The van der Waals surface area contributed by atoms with Gasteiger partial charge in [0.1, 0.15) is 5.75 Å². The van der Waals surface area contributed by atoms with Gasteiger partial charge < -0.3 is 4.74 Å². The molecule has 2 aromatic rings. The van der Waals surface area contributed by atoms with Crippen LogP contribution in [0, 0.1) is 6.92 Å². The van der Waals surface area contributed by atoms with Crippen LogP contribution < -0.4 is 4.74 Å². The fraction of sp³-hybridized carbons (Fsp3) is 0.188. The van der Waals surface area contributed by atoms with Gasteiger partial charge in [-0.2, -0.15) is 0 Å². The molecule has 0 unspecified atom stereocenters. The fourth-order valence-corrected chi connectivity index (χ4v) is 2.95. The van der Waals surface area contributed by atoms with Crippen molar-refractivity contribution in [2.75, 3.05) is 14.1 Å². The summed E-state index contributed by atoms with van der Waals surface area (Å²) in [6.45, 7) is 1.85. The van der Waals surface area contributed by atoms with Gasteiger partial charge in [0.15, 0.2) is 0 Å². The van der Waals surface area contributed by atoms with E-state index in [1.165, 1.54) is 38.4 Å². The molecule has 0 N–H and O–H groups in total. The van der Waals surface area contributed by atoms with Crippen molar-refractivity contribution in [2.45, 2.75) is 11.8 Å². The molecule has 0 fully saturated rings. The van der Waals surface area contributed by atoms with Gasteiger partial charge in [-0.05, 0) is 42.8 Å². The SMILES string of the molecule is Cc1ccc(Cl)c(OC(=O)c2cccc(S(=O)(=O)N(C)C)c2)c1. The number of nitrogens with zero attached hydrogens (tertiary/aromatic N) is 1. The Kier molecular flexibility index (Phi) is 5.09. The number of hydrogen-bond donors (Lipinski definition) is 0. The summed E-state index contributed by atoms with van der Waals surface area (Å²) in [7, 11) is -0.774. The van der Waals surface area contributed by atoms with Gasteiger partial charge in [-0.1, -0.05) is 23.7 Å². The summed E-state index contributed by atoms with van der Waals surface area (Å²) in [5.74, 6) is -0.439. The second-order valence-electron chi connectivity index (χ2n) is 5.14. The van der Waals surface area contributed by atoms with Crippen LogP contribution in [0.4, 0.5) is 0 Å². The van der Waals surface area contributed by atoms with Gasteiger partial charge in [-0.25, -0.2) is 17.5 Å². The molecule has 0 heterocycles. The average Bonchev–Trinajstić information content (AvgIpc) is 2.50. The number of halogens is 1. The molecule has 2 rings (SSSR count). The number of benzene rings is 2. The lowest BCUT2D eigenvalue weighted by atomic mass is 10.2. The quantitative estimate of drug-likeness (QED) is 0.625. The van der Waals surface area contributed by atoms with Crippen LogP contribution in [0.25, 0.3) is 0 Å². The molecule has 5 nitrogen and oxygen atoms in total. The van der Waals surface area contributed by atoms with E-state index in [1.54, 1.807) is 18.2 Å². The summed E-state index contributed by atoms with van der Waals surface area (Å²) in [6, 6.07) is 10.7. The first-order chi connectivity index (χ1) is 10.7. The third kappa shape index (κ3) is 3.90. The van der Waals surface area contributed by atoms with E-state index in [9.17, 15) is 13.2 Å². The summed E-state index contributed by atoms with van der Waals surface area (Å²) in [5, 5.41) is 0.306. The maximum absolute atomic E-state index is 12.2. The summed E-state index contributed by atoms with van der Waals surface area (Å²) in [6.07, 6.45) is 0. The predicted octanol–water partition coefficient (Wildman–Crippen LogP) is 3.12. The minimum Gasteiger partial charge on any atom is -0.421 e. The standard InChI is InChI=1S/C16H16ClNO4S/c1-11-7-8-14(17)15(9-11)22-16(19)12-5-4-6-13(10-12)23(20,21)18(2)3/h4-10H,1-3H3. The Balaban J connectivity index is 2.32. The Morgan fingerprint density at radius 3 is 2.48 bits per heavy atom. The third-order valence-corrected chi connectivity index (χ3v) is 5.26. The lowest BCUT2D eigenvalue weighted by Crippen LogP contribution is -2.22. The Bertz CT molecular complexity index is 847. The summed E-state index contributed by atoms with van der Waals surface area (Å²) in [5.41, 5.74) is 1.02. The number of esters is 1. The van der Waals surface area contributed by atoms with Crippen molar-refractivity contribution >= 4 is 27.6 Å². The molecule has 2 aromatic carbocycles. The topological polar surface area (TPSA) is 63.7 Å². The van der Waals surface area contributed by atoms with Gasteiger partial charge >= 0.3 is 5.97 Å². The van der Waals surface area contributed by atoms with Crippen LogP contribution in [0.15, 0.2) is 47.4 Å². The van der Waals surface area contributed by atoms with Crippen LogP contribution in [0.1, 0.15) is 15.9 Å². The molecule has 0 aliphatic carbocycles. The summed E-state index contributed by atoms with van der Waals surface area (Å²) >= 11 is 5.99. The Labute approximate surface area is 140 Å². The molecule has 7 heteroatoms. The molecule has 0 aromatic heterocycles. The van der Waals surface area contributed by atoms with Gasteiger partial charge in [-0.15, -0.1) is 0 Å². The zero-order valence-corrected chi connectivity index (χ0v) is 14.5. The molecular weight excluding hydrogens is 338 g/mol. The highest BCUT2D eigenvalue weighted by molar-refractivity contribution is 7.89. The van der Waals surface area contributed by atoms with Crippen molar-refractivity contribution in [3.05, 3.63) is 58.6 Å². The Hall–Kier alpha value is -1.89. The highest BCUT2D eigenvalue weighted by Gasteiger charge is 2.19. The molecular formula is C16H16ClNO4S. The summed E-state index contributed by atoms with van der Waals surface area (Å²) < 4.78 is 30.6. The minimum absolute atomic E-state index is 0.0206. The van der Waals surface area contributed by atoms with E-state index >= 15 is 0 Å². The fourth-order valence-electron chi connectivity index (χ4n) is 1.84. The van der Waals surface area contributed by atoms with E-state index in [2.05, 4.69) is 0 Å². The lowest BCUT2D eigenvalue weighted by Gasteiger charge is -2.12. The monoisotopic (exact) mass is 353 g/mol. The van der Waals surface area contributed by atoms with E-state index < -0.39 is 16.0 Å². The first kappa shape index (κ1) is 17.5. The lowest BCUT2D eigenvalue weighted by molar-refractivity contribution is 0.0734. The largest absolute Gasteiger partial charge is 0.421 e. The Morgan fingerprint density at radius 1 is 1.13 bits per heavy atom. The molecule has 0 radical (unpaired) electrons. The second-order valence-corrected chi connectivity index (χ2v) is 7.70. The molecule has 0 bridgehead atoms. The number of carbonyl (C=O) groups excluding carboxylic acids is 1. The number of hydrogen-bond acceptors (Lipinski definition) is 4. The van der Waals surface area contributed by atoms with Crippen LogP contribution in [0.2, 0.25) is 5.02 Å². The van der Waals surface area contributed by atoms with Gasteiger partial charge in [-0.3, -0.25) is 0 Å². The molecule has 0 aliphatic heterocycles.